The second-order valence-corrected chi connectivity index (χ2v) is 8.58. The molecular formula is C18H20BrNO4S. The molecule has 1 N–H and O–H groups in total. The van der Waals surface area contributed by atoms with Crippen LogP contribution >= 0.6 is 15.9 Å². The zero-order chi connectivity index (χ0) is 18.3. The molecule has 0 saturated carbocycles. The van der Waals surface area contributed by atoms with Gasteiger partial charge < -0.3 is 10.1 Å². The molecule has 0 heterocycles. The molecule has 0 aliphatic heterocycles. The van der Waals surface area contributed by atoms with Crippen molar-refractivity contribution in [3.8, 4) is 5.75 Å². The Labute approximate surface area is 156 Å². The number of hydrogen-bond acceptors (Lipinski definition) is 4. The summed E-state index contributed by atoms with van der Waals surface area (Å²) in [5.41, 5.74) is 0.479. The summed E-state index contributed by atoms with van der Waals surface area (Å²) in [5.74, 6) is 0.591. The van der Waals surface area contributed by atoms with Crippen LogP contribution in [-0.2, 0) is 14.6 Å². The SMILES string of the molecule is CCS(=O)(=O)c1cccc(NC(=O)CCCOc2cccc(Br)c2)c1. The highest BCUT2D eigenvalue weighted by molar-refractivity contribution is 9.10. The summed E-state index contributed by atoms with van der Waals surface area (Å²) < 4.78 is 30.3. The van der Waals surface area contributed by atoms with Crippen molar-refractivity contribution < 1.29 is 17.9 Å². The van der Waals surface area contributed by atoms with Crippen molar-refractivity contribution in [3.63, 3.8) is 0 Å². The van der Waals surface area contributed by atoms with Crippen molar-refractivity contribution in [2.75, 3.05) is 17.7 Å². The molecule has 0 aromatic heterocycles. The number of ether oxygens (including phenoxy) is 1. The van der Waals surface area contributed by atoms with Crippen LogP contribution in [0.25, 0.3) is 0 Å². The van der Waals surface area contributed by atoms with Gasteiger partial charge in [0.15, 0.2) is 9.84 Å². The fourth-order valence-corrected chi connectivity index (χ4v) is 3.44. The van der Waals surface area contributed by atoms with Crippen molar-refractivity contribution in [3.05, 3.63) is 53.0 Å². The molecule has 0 radical (unpaired) electrons. The quantitative estimate of drug-likeness (QED) is 0.647. The molecule has 0 fully saturated rings. The Hall–Kier alpha value is -1.86. The maximum absolute atomic E-state index is 12.0. The lowest BCUT2D eigenvalue weighted by Gasteiger charge is -2.08. The first-order valence-corrected chi connectivity index (χ1v) is 10.4. The lowest BCUT2D eigenvalue weighted by Crippen LogP contribution is -2.13. The first kappa shape index (κ1) is 19.5. The Kier molecular flexibility index (Phi) is 7.01. The first-order valence-electron chi connectivity index (χ1n) is 7.92. The largest absolute Gasteiger partial charge is 0.494 e. The van der Waals surface area contributed by atoms with E-state index in [0.717, 1.165) is 10.2 Å². The van der Waals surface area contributed by atoms with E-state index >= 15 is 0 Å². The maximum Gasteiger partial charge on any atom is 0.224 e. The van der Waals surface area contributed by atoms with Gasteiger partial charge in [0.05, 0.1) is 17.3 Å². The molecule has 7 heteroatoms. The lowest BCUT2D eigenvalue weighted by molar-refractivity contribution is -0.116. The smallest absolute Gasteiger partial charge is 0.224 e. The fourth-order valence-electron chi connectivity index (χ4n) is 2.14. The van der Waals surface area contributed by atoms with E-state index in [1.165, 1.54) is 12.1 Å². The molecule has 0 bridgehead atoms. The van der Waals surface area contributed by atoms with Crippen LogP contribution in [0.15, 0.2) is 57.9 Å². The average Bonchev–Trinajstić information content (AvgIpc) is 2.59. The Morgan fingerprint density at radius 3 is 2.64 bits per heavy atom. The summed E-state index contributed by atoms with van der Waals surface area (Å²) in [6, 6.07) is 13.8. The molecule has 2 rings (SSSR count). The van der Waals surface area contributed by atoms with Crippen LogP contribution in [-0.4, -0.2) is 26.7 Å². The van der Waals surface area contributed by atoms with E-state index in [4.69, 9.17) is 4.74 Å². The minimum atomic E-state index is -3.29. The van der Waals surface area contributed by atoms with E-state index in [2.05, 4.69) is 21.2 Å². The van der Waals surface area contributed by atoms with Crippen LogP contribution in [0.1, 0.15) is 19.8 Å². The third kappa shape index (κ3) is 6.17. The van der Waals surface area contributed by atoms with Crippen LogP contribution in [0.2, 0.25) is 0 Å². The van der Waals surface area contributed by atoms with Gasteiger partial charge in [0.2, 0.25) is 5.91 Å². The first-order chi connectivity index (χ1) is 11.9. The molecule has 0 spiro atoms. The van der Waals surface area contributed by atoms with Crippen LogP contribution in [0.4, 0.5) is 5.69 Å². The standard InChI is InChI=1S/C18H20BrNO4S/c1-2-25(22,23)17-9-4-7-15(13-17)20-18(21)10-5-11-24-16-8-3-6-14(19)12-16/h3-4,6-9,12-13H,2,5,10-11H2,1H3,(H,20,21). The summed E-state index contributed by atoms with van der Waals surface area (Å²) in [5, 5.41) is 2.72. The van der Waals surface area contributed by atoms with Crippen molar-refractivity contribution in [2.45, 2.75) is 24.7 Å². The van der Waals surface area contributed by atoms with Crippen molar-refractivity contribution in [2.24, 2.45) is 0 Å². The van der Waals surface area contributed by atoms with Gasteiger partial charge in [-0.3, -0.25) is 4.79 Å². The summed E-state index contributed by atoms with van der Waals surface area (Å²) in [6.45, 7) is 2.01. The number of hydrogen-bond donors (Lipinski definition) is 1. The summed E-state index contributed by atoms with van der Waals surface area (Å²) >= 11 is 3.37. The summed E-state index contributed by atoms with van der Waals surface area (Å²) in [6.07, 6.45) is 0.851. The van der Waals surface area contributed by atoms with E-state index < -0.39 is 9.84 Å². The zero-order valence-electron chi connectivity index (χ0n) is 13.9. The lowest BCUT2D eigenvalue weighted by atomic mass is 10.2. The number of halogens is 1. The fraction of sp³-hybridized carbons (Fsp3) is 0.278. The number of carbonyl (C=O) groups is 1. The van der Waals surface area contributed by atoms with Crippen molar-refractivity contribution >= 4 is 37.4 Å². The van der Waals surface area contributed by atoms with E-state index in [0.29, 0.717) is 25.1 Å². The second-order valence-electron chi connectivity index (χ2n) is 5.39. The highest BCUT2D eigenvalue weighted by atomic mass is 79.9. The number of carbonyl (C=O) groups excluding carboxylic acids is 1. The molecule has 0 aliphatic rings. The van der Waals surface area contributed by atoms with E-state index in [1.807, 2.05) is 24.3 Å². The third-order valence-corrected chi connectivity index (χ3v) is 5.70. The third-order valence-electron chi connectivity index (χ3n) is 3.47. The van der Waals surface area contributed by atoms with Gasteiger partial charge in [-0.05, 0) is 42.8 Å². The molecule has 25 heavy (non-hydrogen) atoms. The van der Waals surface area contributed by atoms with Gasteiger partial charge in [-0.2, -0.15) is 0 Å². The monoisotopic (exact) mass is 425 g/mol. The topological polar surface area (TPSA) is 72.5 Å². The van der Waals surface area contributed by atoms with Gasteiger partial charge in [0.1, 0.15) is 5.75 Å². The van der Waals surface area contributed by atoms with Gasteiger partial charge in [-0.25, -0.2) is 8.42 Å². The molecule has 2 aromatic carbocycles. The van der Waals surface area contributed by atoms with Gasteiger partial charge in [-0.1, -0.05) is 35.0 Å². The van der Waals surface area contributed by atoms with Gasteiger partial charge in [0, 0.05) is 16.6 Å². The highest BCUT2D eigenvalue weighted by Gasteiger charge is 2.12. The van der Waals surface area contributed by atoms with E-state index in [9.17, 15) is 13.2 Å². The molecule has 5 nitrogen and oxygen atoms in total. The van der Waals surface area contributed by atoms with Gasteiger partial charge in [-0.15, -0.1) is 0 Å². The van der Waals surface area contributed by atoms with Crippen LogP contribution < -0.4 is 10.1 Å². The van der Waals surface area contributed by atoms with Crippen molar-refractivity contribution in [1.29, 1.82) is 0 Å². The van der Waals surface area contributed by atoms with E-state index in [1.54, 1.807) is 19.1 Å². The predicted octanol–water partition coefficient (Wildman–Crippen LogP) is 4.04. The number of rotatable bonds is 8. The van der Waals surface area contributed by atoms with Crippen molar-refractivity contribution in [1.82, 2.24) is 0 Å². The molecule has 0 atom stereocenters. The molecule has 0 aliphatic carbocycles. The second kappa shape index (κ2) is 9.01. The predicted molar refractivity (Wildman–Crippen MR) is 102 cm³/mol. The molecular weight excluding hydrogens is 406 g/mol. The Morgan fingerprint density at radius 2 is 1.92 bits per heavy atom. The number of amides is 1. The molecule has 1 amide bonds. The van der Waals surface area contributed by atoms with Gasteiger partial charge >= 0.3 is 0 Å². The highest BCUT2D eigenvalue weighted by Crippen LogP contribution is 2.19. The number of sulfone groups is 1. The Balaban J connectivity index is 1.81. The maximum atomic E-state index is 12.0. The van der Waals surface area contributed by atoms with Gasteiger partial charge in [0.25, 0.3) is 0 Å². The normalized spacial score (nSPS) is 11.1. The molecule has 0 saturated heterocycles. The minimum absolute atomic E-state index is 0.0251. The molecule has 134 valence electrons. The summed E-state index contributed by atoms with van der Waals surface area (Å²) in [7, 11) is -3.29. The number of benzene rings is 2. The van der Waals surface area contributed by atoms with E-state index in [-0.39, 0.29) is 16.6 Å². The Bertz CT molecular complexity index is 836. The minimum Gasteiger partial charge on any atom is -0.494 e. The average molecular weight is 426 g/mol. The number of anilines is 1. The Morgan fingerprint density at radius 1 is 1.16 bits per heavy atom. The summed E-state index contributed by atoms with van der Waals surface area (Å²) in [4.78, 5) is 12.2. The molecule has 0 unspecified atom stereocenters. The number of nitrogens with one attached hydrogen (secondary N) is 1. The van der Waals surface area contributed by atoms with Crippen LogP contribution in [0.5, 0.6) is 5.75 Å². The van der Waals surface area contributed by atoms with Crippen LogP contribution in [0, 0.1) is 0 Å². The zero-order valence-corrected chi connectivity index (χ0v) is 16.3. The molecule has 2 aromatic rings. The van der Waals surface area contributed by atoms with Crippen LogP contribution in [0.3, 0.4) is 0 Å².